The van der Waals surface area contributed by atoms with Gasteiger partial charge in [-0.05, 0) is 37.9 Å². The average Bonchev–Trinajstić information content (AvgIpc) is 3.04. The van der Waals surface area contributed by atoms with Crippen LogP contribution in [-0.2, 0) is 9.53 Å². The first-order chi connectivity index (χ1) is 9.25. The third-order valence-corrected chi connectivity index (χ3v) is 3.86. The summed E-state index contributed by atoms with van der Waals surface area (Å²) in [6.07, 6.45) is 5.24. The Balaban J connectivity index is 1.48. The van der Waals surface area contributed by atoms with E-state index in [4.69, 9.17) is 17.0 Å². The molecule has 2 aliphatic rings. The Morgan fingerprint density at radius 3 is 3.00 bits per heavy atom. The van der Waals surface area contributed by atoms with E-state index in [2.05, 4.69) is 10.6 Å². The van der Waals surface area contributed by atoms with Gasteiger partial charge in [-0.15, -0.1) is 0 Å². The number of carbonyl (C=O) groups excluding carboxylic acids is 1. The van der Waals surface area contributed by atoms with E-state index in [0.29, 0.717) is 17.1 Å². The van der Waals surface area contributed by atoms with E-state index in [1.807, 2.05) is 4.90 Å². The van der Waals surface area contributed by atoms with Crippen LogP contribution in [0, 0.1) is 0 Å². The van der Waals surface area contributed by atoms with Crippen molar-refractivity contribution in [1.29, 1.82) is 0 Å². The van der Waals surface area contributed by atoms with Gasteiger partial charge in [0.2, 0.25) is 5.91 Å². The maximum atomic E-state index is 11.4. The van der Waals surface area contributed by atoms with Gasteiger partial charge in [0.25, 0.3) is 0 Å². The zero-order valence-corrected chi connectivity index (χ0v) is 12.1. The number of hydrogen-bond acceptors (Lipinski definition) is 3. The predicted molar refractivity (Wildman–Crippen MR) is 78.0 cm³/mol. The minimum Gasteiger partial charge on any atom is -0.376 e. The molecular weight excluding hydrogens is 262 g/mol. The number of likely N-dealkylation sites (tertiary alicyclic amines) is 1. The van der Waals surface area contributed by atoms with Crippen LogP contribution in [0.5, 0.6) is 0 Å². The van der Waals surface area contributed by atoms with Crippen LogP contribution in [-0.4, -0.2) is 54.8 Å². The SMILES string of the molecule is O=C1CCCN1CCCNC(=S)NC[C@@H]1CCCO1. The number of ether oxygens (including phenoxy) is 1. The minimum atomic E-state index is 0.291. The summed E-state index contributed by atoms with van der Waals surface area (Å²) in [4.78, 5) is 13.3. The standard InChI is InChI=1S/C13H23N3O2S/c17-12-5-1-7-16(12)8-3-6-14-13(19)15-10-11-4-2-9-18-11/h11H,1-10H2,(H2,14,15,19)/t11-/m0/s1. The highest BCUT2D eigenvalue weighted by molar-refractivity contribution is 7.80. The van der Waals surface area contributed by atoms with Crippen molar-refractivity contribution < 1.29 is 9.53 Å². The fraction of sp³-hybridized carbons (Fsp3) is 0.846. The number of amides is 1. The van der Waals surface area contributed by atoms with E-state index < -0.39 is 0 Å². The van der Waals surface area contributed by atoms with Crippen molar-refractivity contribution >= 4 is 23.2 Å². The first-order valence-electron chi connectivity index (χ1n) is 7.17. The molecule has 0 spiro atoms. The lowest BCUT2D eigenvalue weighted by Crippen LogP contribution is -2.40. The fourth-order valence-corrected chi connectivity index (χ4v) is 2.67. The molecule has 108 valence electrons. The van der Waals surface area contributed by atoms with Crippen LogP contribution in [0.25, 0.3) is 0 Å². The van der Waals surface area contributed by atoms with Gasteiger partial charge in [0.1, 0.15) is 0 Å². The maximum absolute atomic E-state index is 11.4. The van der Waals surface area contributed by atoms with Crippen LogP contribution >= 0.6 is 12.2 Å². The summed E-state index contributed by atoms with van der Waals surface area (Å²) in [7, 11) is 0. The van der Waals surface area contributed by atoms with Crippen LogP contribution < -0.4 is 10.6 Å². The number of nitrogens with one attached hydrogen (secondary N) is 2. The maximum Gasteiger partial charge on any atom is 0.222 e. The van der Waals surface area contributed by atoms with Gasteiger partial charge in [-0.1, -0.05) is 0 Å². The summed E-state index contributed by atoms with van der Waals surface area (Å²) >= 11 is 5.20. The van der Waals surface area contributed by atoms with Gasteiger partial charge in [0.05, 0.1) is 6.10 Å². The molecule has 2 saturated heterocycles. The molecule has 0 bridgehead atoms. The van der Waals surface area contributed by atoms with E-state index in [0.717, 1.165) is 64.9 Å². The molecule has 0 saturated carbocycles. The molecule has 2 fully saturated rings. The Hall–Kier alpha value is -0.880. The van der Waals surface area contributed by atoms with E-state index >= 15 is 0 Å². The molecule has 19 heavy (non-hydrogen) atoms. The molecular formula is C13H23N3O2S. The molecule has 2 heterocycles. The summed E-state index contributed by atoms with van der Waals surface area (Å²) < 4.78 is 5.51. The van der Waals surface area contributed by atoms with Crippen LogP contribution in [0.15, 0.2) is 0 Å². The third kappa shape index (κ3) is 4.95. The van der Waals surface area contributed by atoms with E-state index in [9.17, 15) is 4.79 Å². The normalized spacial score (nSPS) is 22.8. The lowest BCUT2D eigenvalue weighted by atomic mass is 10.2. The summed E-state index contributed by atoms with van der Waals surface area (Å²) in [5.41, 5.74) is 0. The Labute approximate surface area is 120 Å². The molecule has 0 aliphatic carbocycles. The van der Waals surface area contributed by atoms with Crippen molar-refractivity contribution in [3.63, 3.8) is 0 Å². The summed E-state index contributed by atoms with van der Waals surface area (Å²) in [6.45, 7) is 4.22. The van der Waals surface area contributed by atoms with Crippen LogP contribution in [0.4, 0.5) is 0 Å². The highest BCUT2D eigenvalue weighted by atomic mass is 32.1. The third-order valence-electron chi connectivity index (χ3n) is 3.58. The molecule has 1 atom stereocenters. The molecule has 1 amide bonds. The monoisotopic (exact) mass is 285 g/mol. The van der Waals surface area contributed by atoms with Gasteiger partial charge in [-0.25, -0.2) is 0 Å². The van der Waals surface area contributed by atoms with Crippen molar-refractivity contribution in [2.75, 3.05) is 32.8 Å². The molecule has 0 aromatic carbocycles. The second-order valence-electron chi connectivity index (χ2n) is 5.11. The highest BCUT2D eigenvalue weighted by Crippen LogP contribution is 2.10. The molecule has 0 aromatic rings. The number of hydrogen-bond donors (Lipinski definition) is 2. The minimum absolute atomic E-state index is 0.291. The molecule has 5 nitrogen and oxygen atoms in total. The molecule has 2 rings (SSSR count). The number of thiocarbonyl (C=S) groups is 1. The molecule has 2 aliphatic heterocycles. The largest absolute Gasteiger partial charge is 0.376 e. The Morgan fingerprint density at radius 2 is 2.32 bits per heavy atom. The average molecular weight is 285 g/mol. The lowest BCUT2D eigenvalue weighted by Gasteiger charge is -2.17. The van der Waals surface area contributed by atoms with Gasteiger partial charge in [-0.2, -0.15) is 0 Å². The van der Waals surface area contributed by atoms with Gasteiger partial charge in [-0.3, -0.25) is 4.79 Å². The molecule has 0 aromatic heterocycles. The van der Waals surface area contributed by atoms with Crippen LogP contribution in [0.2, 0.25) is 0 Å². The van der Waals surface area contributed by atoms with Gasteiger partial charge in [0.15, 0.2) is 5.11 Å². The number of rotatable bonds is 6. The lowest BCUT2D eigenvalue weighted by molar-refractivity contribution is -0.127. The Bertz CT molecular complexity index is 319. The van der Waals surface area contributed by atoms with Gasteiger partial charge >= 0.3 is 0 Å². The zero-order chi connectivity index (χ0) is 13.5. The van der Waals surface area contributed by atoms with Gasteiger partial charge in [0, 0.05) is 39.2 Å². The van der Waals surface area contributed by atoms with E-state index in [1.54, 1.807) is 0 Å². The van der Waals surface area contributed by atoms with Crippen molar-refractivity contribution in [2.24, 2.45) is 0 Å². The van der Waals surface area contributed by atoms with Gasteiger partial charge < -0.3 is 20.3 Å². The molecule has 2 N–H and O–H groups in total. The Kier molecular flexibility index (Phi) is 5.85. The van der Waals surface area contributed by atoms with E-state index in [1.165, 1.54) is 0 Å². The van der Waals surface area contributed by atoms with Crippen molar-refractivity contribution in [3.8, 4) is 0 Å². The number of carbonyl (C=O) groups is 1. The van der Waals surface area contributed by atoms with Crippen molar-refractivity contribution in [1.82, 2.24) is 15.5 Å². The summed E-state index contributed by atoms with van der Waals surface area (Å²) in [5, 5.41) is 7.03. The predicted octanol–water partition coefficient (Wildman–Crippen LogP) is 0.642. The van der Waals surface area contributed by atoms with Crippen LogP contribution in [0.1, 0.15) is 32.1 Å². The summed E-state index contributed by atoms with van der Waals surface area (Å²) in [6, 6.07) is 0. The molecule has 0 radical (unpaired) electrons. The highest BCUT2D eigenvalue weighted by Gasteiger charge is 2.19. The van der Waals surface area contributed by atoms with Crippen LogP contribution in [0.3, 0.4) is 0 Å². The second kappa shape index (κ2) is 7.65. The van der Waals surface area contributed by atoms with E-state index in [-0.39, 0.29) is 0 Å². The zero-order valence-electron chi connectivity index (χ0n) is 11.3. The molecule has 6 heteroatoms. The van der Waals surface area contributed by atoms with Crippen molar-refractivity contribution in [3.05, 3.63) is 0 Å². The smallest absolute Gasteiger partial charge is 0.222 e. The Morgan fingerprint density at radius 1 is 1.42 bits per heavy atom. The topological polar surface area (TPSA) is 53.6 Å². The fourth-order valence-electron chi connectivity index (χ4n) is 2.49. The first kappa shape index (κ1) is 14.5. The first-order valence-corrected chi connectivity index (χ1v) is 7.57. The molecule has 0 unspecified atom stereocenters. The second-order valence-corrected chi connectivity index (χ2v) is 5.52. The van der Waals surface area contributed by atoms with Crippen molar-refractivity contribution in [2.45, 2.75) is 38.2 Å². The summed E-state index contributed by atoms with van der Waals surface area (Å²) in [5.74, 6) is 0.291. The quantitative estimate of drug-likeness (QED) is 0.554. The number of nitrogens with zero attached hydrogens (tertiary/aromatic N) is 1.